The van der Waals surface area contributed by atoms with E-state index >= 15 is 0 Å². The van der Waals surface area contributed by atoms with Gasteiger partial charge in [0.15, 0.2) is 0 Å². The lowest BCUT2D eigenvalue weighted by Crippen LogP contribution is -2.61. The number of piperazine rings is 1. The van der Waals surface area contributed by atoms with Crippen molar-refractivity contribution in [3.63, 3.8) is 0 Å². The van der Waals surface area contributed by atoms with Crippen molar-refractivity contribution < 1.29 is 17.9 Å². The van der Waals surface area contributed by atoms with Crippen LogP contribution in [0.25, 0.3) is 0 Å². The maximum Gasteiger partial charge on any atom is 0.243 e. The smallest absolute Gasteiger partial charge is 0.243 e. The van der Waals surface area contributed by atoms with Gasteiger partial charge in [-0.05, 0) is 17.7 Å². The minimum absolute atomic E-state index is 0.0578. The molecule has 152 valence electrons. The first kappa shape index (κ1) is 21.0. The van der Waals surface area contributed by atoms with E-state index in [9.17, 15) is 8.42 Å². The molecule has 1 aliphatic heterocycles. The molecule has 1 heterocycles. The van der Waals surface area contributed by atoms with Gasteiger partial charge in [0, 0.05) is 45.9 Å². The van der Waals surface area contributed by atoms with Gasteiger partial charge in [-0.1, -0.05) is 48.5 Å². The summed E-state index contributed by atoms with van der Waals surface area (Å²) in [6.45, 7) is 2.40. The average Bonchev–Trinajstić information content (AvgIpc) is 2.72. The number of ether oxygens (including phenoxy) is 2. The Kier molecular flexibility index (Phi) is 7.20. The van der Waals surface area contributed by atoms with E-state index < -0.39 is 10.0 Å². The molecule has 6 nitrogen and oxygen atoms in total. The zero-order valence-corrected chi connectivity index (χ0v) is 17.2. The van der Waals surface area contributed by atoms with E-state index in [4.69, 9.17) is 9.47 Å². The van der Waals surface area contributed by atoms with E-state index in [0.29, 0.717) is 31.2 Å². The third kappa shape index (κ3) is 4.79. The van der Waals surface area contributed by atoms with Gasteiger partial charge in [-0.3, -0.25) is 4.90 Å². The van der Waals surface area contributed by atoms with Crippen molar-refractivity contribution in [3.05, 3.63) is 66.2 Å². The van der Waals surface area contributed by atoms with Crippen LogP contribution >= 0.6 is 0 Å². The summed E-state index contributed by atoms with van der Waals surface area (Å²) in [6, 6.07) is 18.7. The lowest BCUT2D eigenvalue weighted by atomic mass is 10.1. The van der Waals surface area contributed by atoms with Crippen LogP contribution in [0.3, 0.4) is 0 Å². The molecule has 2 aromatic rings. The lowest BCUT2D eigenvalue weighted by Gasteiger charge is -2.45. The summed E-state index contributed by atoms with van der Waals surface area (Å²) in [5.74, 6) is 0. The first-order valence-electron chi connectivity index (χ1n) is 9.39. The maximum absolute atomic E-state index is 13.2. The second-order valence-corrected chi connectivity index (χ2v) is 8.95. The van der Waals surface area contributed by atoms with Crippen molar-refractivity contribution in [2.24, 2.45) is 0 Å². The fraction of sp³-hybridized carbons (Fsp3) is 0.429. The number of methoxy groups -OCH3 is 2. The molecule has 0 bridgehead atoms. The normalized spacial score (nSPS) is 21.6. The Labute approximate surface area is 167 Å². The Morgan fingerprint density at radius 1 is 0.857 bits per heavy atom. The van der Waals surface area contributed by atoms with Crippen LogP contribution in [0.1, 0.15) is 5.56 Å². The number of rotatable bonds is 8. The Hall–Kier alpha value is -1.77. The van der Waals surface area contributed by atoms with Gasteiger partial charge < -0.3 is 9.47 Å². The van der Waals surface area contributed by atoms with Gasteiger partial charge in [0.2, 0.25) is 10.0 Å². The van der Waals surface area contributed by atoms with Crippen LogP contribution in [0, 0.1) is 0 Å². The Bertz CT molecular complexity index is 814. The van der Waals surface area contributed by atoms with Crippen molar-refractivity contribution in [1.82, 2.24) is 9.21 Å². The first-order valence-corrected chi connectivity index (χ1v) is 10.8. The quantitative estimate of drug-likeness (QED) is 0.675. The van der Waals surface area contributed by atoms with Crippen LogP contribution < -0.4 is 0 Å². The standard InChI is InChI=1S/C21H28N2O4S/c1-26-16-19-14-22(28(24,25)21-11-7-4-8-12-21)15-20(17-27-2)23(19)13-18-9-5-3-6-10-18/h3-12,19-20H,13-17H2,1-2H3. The molecule has 2 aromatic carbocycles. The van der Waals surface area contributed by atoms with Crippen molar-refractivity contribution in [1.29, 1.82) is 0 Å². The number of hydrogen-bond donors (Lipinski definition) is 0. The van der Waals surface area contributed by atoms with E-state index in [1.807, 2.05) is 24.3 Å². The van der Waals surface area contributed by atoms with Gasteiger partial charge in [-0.25, -0.2) is 8.42 Å². The van der Waals surface area contributed by atoms with E-state index in [2.05, 4.69) is 17.0 Å². The van der Waals surface area contributed by atoms with Crippen molar-refractivity contribution >= 4 is 10.0 Å². The number of sulfonamides is 1. The maximum atomic E-state index is 13.2. The summed E-state index contributed by atoms with van der Waals surface area (Å²) in [5.41, 5.74) is 1.18. The molecule has 1 saturated heterocycles. The molecule has 0 N–H and O–H groups in total. The van der Waals surface area contributed by atoms with Gasteiger partial charge in [0.05, 0.1) is 18.1 Å². The second kappa shape index (κ2) is 9.62. The average molecular weight is 405 g/mol. The zero-order valence-electron chi connectivity index (χ0n) is 16.4. The predicted molar refractivity (Wildman–Crippen MR) is 109 cm³/mol. The van der Waals surface area contributed by atoms with Crippen LogP contribution in [-0.4, -0.2) is 70.2 Å². The molecule has 7 heteroatoms. The summed E-state index contributed by atoms with van der Waals surface area (Å²) < 4.78 is 38.8. The molecule has 0 spiro atoms. The minimum Gasteiger partial charge on any atom is -0.383 e. The van der Waals surface area contributed by atoms with Crippen molar-refractivity contribution in [2.75, 3.05) is 40.5 Å². The largest absolute Gasteiger partial charge is 0.383 e. The molecule has 0 aromatic heterocycles. The van der Waals surface area contributed by atoms with Gasteiger partial charge in [0.25, 0.3) is 0 Å². The van der Waals surface area contributed by atoms with Crippen molar-refractivity contribution in [3.8, 4) is 0 Å². The number of nitrogens with zero attached hydrogens (tertiary/aromatic N) is 2. The molecule has 2 atom stereocenters. The SMILES string of the molecule is COCC1CN(S(=O)(=O)c2ccccc2)CC(COC)N1Cc1ccccc1. The highest BCUT2D eigenvalue weighted by Crippen LogP contribution is 2.25. The molecule has 0 aliphatic carbocycles. The first-order chi connectivity index (χ1) is 13.6. The molecule has 0 saturated carbocycles. The van der Waals surface area contributed by atoms with E-state index in [-0.39, 0.29) is 12.1 Å². The van der Waals surface area contributed by atoms with Crippen LogP contribution in [-0.2, 0) is 26.0 Å². The summed E-state index contributed by atoms with van der Waals surface area (Å²) in [6.07, 6.45) is 0. The Balaban J connectivity index is 1.88. The lowest BCUT2D eigenvalue weighted by molar-refractivity contribution is -0.0203. The molecule has 0 amide bonds. The number of benzene rings is 2. The monoisotopic (exact) mass is 404 g/mol. The topological polar surface area (TPSA) is 59.1 Å². The summed E-state index contributed by atoms with van der Waals surface area (Å²) >= 11 is 0. The van der Waals surface area contributed by atoms with Gasteiger partial charge in [-0.15, -0.1) is 0 Å². The highest BCUT2D eigenvalue weighted by atomic mass is 32.2. The Morgan fingerprint density at radius 2 is 1.36 bits per heavy atom. The third-order valence-electron chi connectivity index (χ3n) is 5.07. The van der Waals surface area contributed by atoms with Crippen LogP contribution in [0.5, 0.6) is 0 Å². The molecular weight excluding hydrogens is 376 g/mol. The fourth-order valence-electron chi connectivity index (χ4n) is 3.72. The summed E-state index contributed by atoms with van der Waals surface area (Å²) in [5, 5.41) is 0. The second-order valence-electron chi connectivity index (χ2n) is 7.01. The fourth-order valence-corrected chi connectivity index (χ4v) is 5.26. The van der Waals surface area contributed by atoms with Gasteiger partial charge >= 0.3 is 0 Å². The molecule has 1 aliphatic rings. The minimum atomic E-state index is -3.57. The molecule has 28 heavy (non-hydrogen) atoms. The molecule has 2 unspecified atom stereocenters. The molecular formula is C21H28N2O4S. The highest BCUT2D eigenvalue weighted by Gasteiger charge is 2.39. The van der Waals surface area contributed by atoms with Gasteiger partial charge in [0.1, 0.15) is 0 Å². The van der Waals surface area contributed by atoms with Crippen LogP contribution in [0.15, 0.2) is 65.6 Å². The number of hydrogen-bond acceptors (Lipinski definition) is 5. The third-order valence-corrected chi connectivity index (χ3v) is 6.92. The van der Waals surface area contributed by atoms with E-state index in [0.717, 1.165) is 6.54 Å². The van der Waals surface area contributed by atoms with Gasteiger partial charge in [-0.2, -0.15) is 4.31 Å². The molecule has 1 fully saturated rings. The van der Waals surface area contributed by atoms with Crippen molar-refractivity contribution in [2.45, 2.75) is 23.5 Å². The zero-order chi connectivity index (χ0) is 20.0. The van der Waals surface area contributed by atoms with E-state index in [1.54, 1.807) is 42.8 Å². The Morgan fingerprint density at radius 3 is 1.86 bits per heavy atom. The highest BCUT2D eigenvalue weighted by molar-refractivity contribution is 7.89. The predicted octanol–water partition coefficient (Wildman–Crippen LogP) is 2.22. The van der Waals surface area contributed by atoms with Crippen LogP contribution in [0.2, 0.25) is 0 Å². The van der Waals surface area contributed by atoms with Crippen LogP contribution in [0.4, 0.5) is 0 Å². The summed E-state index contributed by atoms with van der Waals surface area (Å²) in [4.78, 5) is 2.62. The molecule has 3 rings (SSSR count). The van der Waals surface area contributed by atoms with E-state index in [1.165, 1.54) is 5.56 Å². The molecule has 0 radical (unpaired) electrons. The summed E-state index contributed by atoms with van der Waals surface area (Å²) in [7, 11) is -0.266.